The summed E-state index contributed by atoms with van der Waals surface area (Å²) in [7, 11) is 1.78. The highest BCUT2D eigenvalue weighted by molar-refractivity contribution is 5.78. The number of carbonyl (C=O) groups is 1. The first-order chi connectivity index (χ1) is 12.2. The predicted octanol–water partition coefficient (Wildman–Crippen LogP) is 2.15. The minimum Gasteiger partial charge on any atom is -0.419 e. The van der Waals surface area contributed by atoms with Crippen LogP contribution in [-0.4, -0.2) is 37.8 Å². The zero-order chi connectivity index (χ0) is 17.2. The zero-order valence-corrected chi connectivity index (χ0v) is 14.0. The van der Waals surface area contributed by atoms with Crippen molar-refractivity contribution < 1.29 is 9.21 Å². The molecule has 0 saturated carbocycles. The molecule has 1 aromatic carbocycles. The third-order valence-electron chi connectivity index (χ3n) is 4.53. The third-order valence-corrected chi connectivity index (χ3v) is 4.53. The minimum atomic E-state index is -0.0225. The maximum absolute atomic E-state index is 12.7. The van der Waals surface area contributed by atoms with Gasteiger partial charge in [0.15, 0.2) is 0 Å². The molecule has 0 aliphatic carbocycles. The van der Waals surface area contributed by atoms with Crippen LogP contribution < -0.4 is 0 Å². The van der Waals surface area contributed by atoms with Gasteiger partial charge in [-0.2, -0.15) is 5.10 Å². The lowest BCUT2D eigenvalue weighted by atomic mass is 9.95. The number of fused-ring (bicyclic) bond motifs is 1. The van der Waals surface area contributed by atoms with Crippen LogP contribution in [0.5, 0.6) is 0 Å². The van der Waals surface area contributed by atoms with Gasteiger partial charge in [0.1, 0.15) is 0 Å². The Hall–Kier alpha value is -2.96. The van der Waals surface area contributed by atoms with E-state index in [0.29, 0.717) is 18.3 Å². The van der Waals surface area contributed by atoms with Crippen LogP contribution in [0, 0.1) is 5.92 Å². The number of benzene rings is 1. The molecule has 0 bridgehead atoms. The summed E-state index contributed by atoms with van der Waals surface area (Å²) < 4.78 is 7.66. The van der Waals surface area contributed by atoms with Crippen molar-refractivity contribution in [3.8, 4) is 11.5 Å². The van der Waals surface area contributed by atoms with E-state index in [1.165, 1.54) is 0 Å². The number of hydrogen-bond donors (Lipinski definition) is 0. The number of amides is 1. The van der Waals surface area contributed by atoms with Crippen LogP contribution in [-0.2, 0) is 24.3 Å². The van der Waals surface area contributed by atoms with Gasteiger partial charge in [0, 0.05) is 43.4 Å². The van der Waals surface area contributed by atoms with Gasteiger partial charge in [0.2, 0.25) is 17.7 Å². The van der Waals surface area contributed by atoms with E-state index in [1.54, 1.807) is 18.1 Å². The Kier molecular flexibility index (Phi) is 4.05. The maximum Gasteiger partial charge on any atom is 0.247 e. The van der Waals surface area contributed by atoms with Crippen LogP contribution in [0.4, 0.5) is 0 Å². The van der Waals surface area contributed by atoms with Crippen LogP contribution in [0.25, 0.3) is 11.5 Å². The van der Waals surface area contributed by atoms with Gasteiger partial charge >= 0.3 is 0 Å². The normalized spacial score (nSPS) is 16.4. The van der Waals surface area contributed by atoms with Crippen molar-refractivity contribution >= 4 is 5.91 Å². The molecular formula is C18H19N5O2. The Morgan fingerprint density at radius 1 is 1.28 bits per heavy atom. The molecule has 1 aliphatic heterocycles. The van der Waals surface area contributed by atoms with E-state index in [2.05, 4.69) is 15.3 Å². The average Bonchev–Trinajstić information content (AvgIpc) is 3.30. The molecule has 0 fully saturated rings. The van der Waals surface area contributed by atoms with Crippen molar-refractivity contribution in [3.63, 3.8) is 0 Å². The summed E-state index contributed by atoms with van der Waals surface area (Å²) in [5.74, 6) is 0.992. The molecule has 25 heavy (non-hydrogen) atoms. The largest absolute Gasteiger partial charge is 0.419 e. The van der Waals surface area contributed by atoms with Crippen molar-refractivity contribution in [2.45, 2.75) is 25.9 Å². The Morgan fingerprint density at radius 3 is 2.96 bits per heavy atom. The van der Waals surface area contributed by atoms with E-state index in [-0.39, 0.29) is 11.8 Å². The Bertz CT molecular complexity index is 870. The molecule has 1 aliphatic rings. The first kappa shape index (κ1) is 15.6. The summed E-state index contributed by atoms with van der Waals surface area (Å²) in [4.78, 5) is 14.4. The maximum atomic E-state index is 12.7. The summed E-state index contributed by atoms with van der Waals surface area (Å²) in [5, 5.41) is 12.4. The highest BCUT2D eigenvalue weighted by Gasteiger charge is 2.28. The summed E-state index contributed by atoms with van der Waals surface area (Å²) in [5.41, 5.74) is 1.98. The zero-order valence-electron chi connectivity index (χ0n) is 14.0. The van der Waals surface area contributed by atoms with Crippen molar-refractivity contribution in [3.05, 3.63) is 54.2 Å². The Balaban J connectivity index is 1.41. The highest BCUT2D eigenvalue weighted by atomic mass is 16.4. The second-order valence-corrected chi connectivity index (χ2v) is 6.30. The lowest BCUT2D eigenvalue weighted by Gasteiger charge is -2.26. The summed E-state index contributed by atoms with van der Waals surface area (Å²) in [6, 6.07) is 11.6. The van der Waals surface area contributed by atoms with Gasteiger partial charge in [-0.05, 0) is 24.6 Å². The SMILES string of the molecule is CN(Cc1nnc(-c2ccccc2)o1)C(=O)C1CCn2nccc2C1. The average molecular weight is 337 g/mol. The van der Waals surface area contributed by atoms with Crippen LogP contribution in [0.15, 0.2) is 47.0 Å². The van der Waals surface area contributed by atoms with Gasteiger partial charge in [-0.3, -0.25) is 9.48 Å². The Labute approximate surface area is 145 Å². The second kappa shape index (κ2) is 6.51. The molecule has 1 atom stereocenters. The molecule has 0 N–H and O–H groups in total. The topological polar surface area (TPSA) is 77.0 Å². The molecule has 3 heterocycles. The number of hydrogen-bond acceptors (Lipinski definition) is 5. The number of aromatic nitrogens is 4. The lowest BCUT2D eigenvalue weighted by Crippen LogP contribution is -2.36. The number of nitrogens with zero attached hydrogens (tertiary/aromatic N) is 5. The molecule has 0 saturated heterocycles. The monoisotopic (exact) mass is 337 g/mol. The van der Waals surface area contributed by atoms with Crippen molar-refractivity contribution in [1.29, 1.82) is 0 Å². The standard InChI is InChI=1S/C18H19N5O2/c1-22(18(24)14-8-10-23-15(11-14)7-9-19-23)12-16-20-21-17(25-16)13-5-3-2-4-6-13/h2-7,9,14H,8,10-12H2,1H3. The molecule has 7 heteroatoms. The van der Waals surface area contributed by atoms with Gasteiger partial charge in [0.25, 0.3) is 0 Å². The lowest BCUT2D eigenvalue weighted by molar-refractivity contribution is -0.135. The second-order valence-electron chi connectivity index (χ2n) is 6.30. The summed E-state index contributed by atoms with van der Waals surface area (Å²) in [6.45, 7) is 1.10. The molecule has 128 valence electrons. The quantitative estimate of drug-likeness (QED) is 0.729. The van der Waals surface area contributed by atoms with Crippen molar-refractivity contribution in [2.75, 3.05) is 7.05 Å². The molecular weight excluding hydrogens is 318 g/mol. The van der Waals surface area contributed by atoms with Gasteiger partial charge in [-0.15, -0.1) is 10.2 Å². The summed E-state index contributed by atoms with van der Waals surface area (Å²) in [6.07, 6.45) is 3.31. The van der Waals surface area contributed by atoms with Crippen LogP contribution in [0.3, 0.4) is 0 Å². The first-order valence-electron chi connectivity index (χ1n) is 8.34. The highest BCUT2D eigenvalue weighted by Crippen LogP contribution is 2.22. The molecule has 1 unspecified atom stereocenters. The predicted molar refractivity (Wildman–Crippen MR) is 90.2 cm³/mol. The van der Waals surface area contributed by atoms with E-state index in [9.17, 15) is 4.79 Å². The van der Waals surface area contributed by atoms with E-state index >= 15 is 0 Å². The van der Waals surface area contributed by atoms with Crippen LogP contribution >= 0.6 is 0 Å². The van der Waals surface area contributed by atoms with E-state index in [4.69, 9.17) is 4.42 Å². The number of aryl methyl sites for hydroxylation is 1. The molecule has 1 amide bonds. The van der Waals surface area contributed by atoms with E-state index in [0.717, 1.165) is 30.6 Å². The molecule has 4 rings (SSSR count). The fourth-order valence-corrected chi connectivity index (χ4v) is 3.19. The number of rotatable bonds is 4. The first-order valence-corrected chi connectivity index (χ1v) is 8.34. The third kappa shape index (κ3) is 3.17. The van der Waals surface area contributed by atoms with Gasteiger partial charge in [-0.25, -0.2) is 0 Å². The van der Waals surface area contributed by atoms with Gasteiger partial charge in [-0.1, -0.05) is 18.2 Å². The molecule has 3 aromatic rings. The van der Waals surface area contributed by atoms with E-state index in [1.807, 2.05) is 41.1 Å². The Morgan fingerprint density at radius 2 is 2.12 bits per heavy atom. The summed E-state index contributed by atoms with van der Waals surface area (Å²) >= 11 is 0. The van der Waals surface area contributed by atoms with Gasteiger partial charge < -0.3 is 9.32 Å². The van der Waals surface area contributed by atoms with Gasteiger partial charge in [0.05, 0.1) is 6.54 Å². The minimum absolute atomic E-state index is 0.0225. The molecule has 7 nitrogen and oxygen atoms in total. The fraction of sp³-hybridized carbons (Fsp3) is 0.333. The molecule has 0 radical (unpaired) electrons. The van der Waals surface area contributed by atoms with Crippen LogP contribution in [0.1, 0.15) is 18.0 Å². The number of carbonyl (C=O) groups excluding carboxylic acids is 1. The molecule has 2 aromatic heterocycles. The van der Waals surface area contributed by atoms with Crippen molar-refractivity contribution in [2.24, 2.45) is 5.92 Å². The molecule has 0 spiro atoms. The van der Waals surface area contributed by atoms with E-state index < -0.39 is 0 Å². The fourth-order valence-electron chi connectivity index (χ4n) is 3.19. The smallest absolute Gasteiger partial charge is 0.247 e. The van der Waals surface area contributed by atoms with Crippen molar-refractivity contribution in [1.82, 2.24) is 24.9 Å². The van der Waals surface area contributed by atoms with Crippen LogP contribution in [0.2, 0.25) is 0 Å².